The molecule has 2 aromatic carbocycles. The Morgan fingerprint density at radius 2 is 1.33 bits per heavy atom. The molecule has 0 radical (unpaired) electrons. The van der Waals surface area contributed by atoms with Crippen molar-refractivity contribution in [3.8, 4) is 23.0 Å². The fourth-order valence-electron chi connectivity index (χ4n) is 4.82. The summed E-state index contributed by atoms with van der Waals surface area (Å²) in [6.07, 6.45) is 0. The van der Waals surface area contributed by atoms with Gasteiger partial charge in [-0.1, -0.05) is 23.2 Å². The number of morpholine rings is 2. The number of halogens is 2. The lowest BCUT2D eigenvalue weighted by molar-refractivity contribution is -0.383. The van der Waals surface area contributed by atoms with Gasteiger partial charge in [0.2, 0.25) is 5.75 Å². The van der Waals surface area contributed by atoms with Crippen molar-refractivity contribution in [1.82, 2.24) is 9.80 Å². The molecule has 2 saturated heterocycles. The van der Waals surface area contributed by atoms with Crippen LogP contribution in [0.25, 0.3) is 20.2 Å². The summed E-state index contributed by atoms with van der Waals surface area (Å²) in [5.41, 5.74) is -0.659. The number of ether oxygens (including phenoxy) is 4. The fraction of sp³-hybridized carbons (Fsp3) is 0.357. The van der Waals surface area contributed by atoms with Crippen molar-refractivity contribution >= 4 is 83.5 Å². The number of phenolic OH excluding ortho intramolecular Hbond substituents is 2. The third-order valence-corrected chi connectivity index (χ3v) is 10.5. The predicted octanol–water partition coefficient (Wildman–Crippen LogP) is 5.39. The molecule has 2 aliphatic rings. The molecular formula is C28H27Cl2N3O10S2. The lowest BCUT2D eigenvalue weighted by Gasteiger charge is -2.26. The zero-order chi connectivity index (χ0) is 32.4. The molecule has 45 heavy (non-hydrogen) atoms. The SMILES string of the molecule is COc1cc2sc(C(=O)N3CCOCC3)c(Cl)c2cc1OC.O=C(c1sc2c([N+](=O)[O-])c(O)c(O)cc2c1Cl)N1CCOCC1. The lowest BCUT2D eigenvalue weighted by Crippen LogP contribution is -2.40. The highest BCUT2D eigenvalue weighted by atomic mass is 35.5. The molecular weight excluding hydrogens is 673 g/mol. The van der Waals surface area contributed by atoms with Crippen LogP contribution in [0.5, 0.6) is 23.0 Å². The Morgan fingerprint density at radius 3 is 1.84 bits per heavy atom. The number of phenols is 2. The second-order valence-electron chi connectivity index (χ2n) is 9.73. The van der Waals surface area contributed by atoms with Crippen LogP contribution in [0, 0.1) is 10.1 Å². The number of thiophene rings is 2. The summed E-state index contributed by atoms with van der Waals surface area (Å²) in [5, 5.41) is 32.0. The molecule has 4 aromatic rings. The van der Waals surface area contributed by atoms with Gasteiger partial charge in [-0.05, 0) is 12.1 Å². The van der Waals surface area contributed by atoms with Crippen LogP contribution in [0.4, 0.5) is 5.69 Å². The molecule has 13 nitrogen and oxygen atoms in total. The van der Waals surface area contributed by atoms with Gasteiger partial charge < -0.3 is 39.0 Å². The van der Waals surface area contributed by atoms with Crippen molar-refractivity contribution < 1.29 is 43.7 Å². The van der Waals surface area contributed by atoms with Crippen LogP contribution in [0.2, 0.25) is 10.0 Å². The minimum absolute atomic E-state index is 0.0277. The summed E-state index contributed by atoms with van der Waals surface area (Å²) in [4.78, 5) is 39.5. The van der Waals surface area contributed by atoms with E-state index in [1.54, 1.807) is 24.0 Å². The van der Waals surface area contributed by atoms with Crippen LogP contribution >= 0.6 is 45.9 Å². The van der Waals surface area contributed by atoms with Crippen LogP contribution in [0.15, 0.2) is 18.2 Å². The molecule has 0 spiro atoms. The molecule has 2 fully saturated rings. The van der Waals surface area contributed by atoms with E-state index in [0.717, 1.165) is 27.5 Å². The molecule has 2 aromatic heterocycles. The number of amides is 2. The summed E-state index contributed by atoms with van der Waals surface area (Å²) in [6, 6.07) is 4.77. The summed E-state index contributed by atoms with van der Waals surface area (Å²) < 4.78 is 22.0. The number of nitro groups is 1. The van der Waals surface area contributed by atoms with Crippen LogP contribution in [0.3, 0.4) is 0 Å². The Morgan fingerprint density at radius 1 is 0.844 bits per heavy atom. The standard InChI is InChI=1S/C15H16ClNO4S.C13H11ClN2O6S/c1-19-10-7-9-12(8-11(10)20-2)22-14(13(9)16)15(18)17-3-5-21-6-4-17;14-8-6-5-7(17)10(18)9(16(20)21)11(6)23-12(8)13(19)15-1-3-22-4-2-15/h7-8H,3-6H2,1-2H3;5,17-18H,1-4H2. The summed E-state index contributed by atoms with van der Waals surface area (Å²) >= 11 is 14.8. The highest BCUT2D eigenvalue weighted by molar-refractivity contribution is 7.22. The highest BCUT2D eigenvalue weighted by Crippen LogP contribution is 2.48. The minimum atomic E-state index is -0.842. The second-order valence-corrected chi connectivity index (χ2v) is 12.6. The van der Waals surface area contributed by atoms with Crippen LogP contribution in [-0.2, 0) is 9.47 Å². The van der Waals surface area contributed by atoms with Crippen molar-refractivity contribution in [2.45, 2.75) is 0 Å². The highest BCUT2D eigenvalue weighted by Gasteiger charge is 2.31. The molecule has 17 heteroatoms. The lowest BCUT2D eigenvalue weighted by atomic mass is 10.2. The number of hydrogen-bond donors (Lipinski definition) is 2. The zero-order valence-electron chi connectivity index (χ0n) is 24.0. The molecule has 0 aliphatic carbocycles. The molecule has 2 aliphatic heterocycles. The molecule has 2 amide bonds. The van der Waals surface area contributed by atoms with Gasteiger partial charge in [0.1, 0.15) is 14.5 Å². The minimum Gasteiger partial charge on any atom is -0.504 e. The predicted molar refractivity (Wildman–Crippen MR) is 170 cm³/mol. The Kier molecular flexibility index (Phi) is 10.1. The summed E-state index contributed by atoms with van der Waals surface area (Å²) in [7, 11) is 3.16. The van der Waals surface area contributed by atoms with Crippen molar-refractivity contribution in [3.63, 3.8) is 0 Å². The van der Waals surface area contributed by atoms with E-state index in [-0.39, 0.29) is 31.8 Å². The van der Waals surface area contributed by atoms with Crippen molar-refractivity contribution in [1.29, 1.82) is 0 Å². The number of carbonyl (C=O) groups is 2. The van der Waals surface area contributed by atoms with E-state index in [2.05, 4.69) is 0 Å². The van der Waals surface area contributed by atoms with E-state index in [1.165, 1.54) is 11.3 Å². The first kappa shape index (κ1) is 32.8. The van der Waals surface area contributed by atoms with E-state index in [0.29, 0.717) is 74.0 Å². The summed E-state index contributed by atoms with van der Waals surface area (Å²) in [5.74, 6) is -0.682. The van der Waals surface area contributed by atoms with Gasteiger partial charge in [0.05, 0.1) is 55.6 Å². The second kappa shape index (κ2) is 13.8. The van der Waals surface area contributed by atoms with Crippen LogP contribution in [-0.4, -0.2) is 104 Å². The van der Waals surface area contributed by atoms with E-state index >= 15 is 0 Å². The Hall–Kier alpha value is -3.60. The van der Waals surface area contributed by atoms with Crippen LogP contribution < -0.4 is 9.47 Å². The largest absolute Gasteiger partial charge is 0.504 e. The average molecular weight is 701 g/mol. The fourth-order valence-corrected chi connectivity index (χ4v) is 7.86. The van der Waals surface area contributed by atoms with Gasteiger partial charge in [-0.2, -0.15) is 0 Å². The van der Waals surface area contributed by atoms with E-state index < -0.39 is 22.1 Å². The quantitative estimate of drug-likeness (QED) is 0.157. The van der Waals surface area contributed by atoms with Crippen molar-refractivity contribution in [2.75, 3.05) is 66.8 Å². The summed E-state index contributed by atoms with van der Waals surface area (Å²) in [6.45, 7) is 3.95. The number of aromatic hydroxyl groups is 2. The number of hydrogen-bond acceptors (Lipinski definition) is 12. The van der Waals surface area contributed by atoms with Crippen LogP contribution in [0.1, 0.15) is 19.3 Å². The maximum atomic E-state index is 12.6. The zero-order valence-corrected chi connectivity index (χ0v) is 27.1. The first-order valence-corrected chi connectivity index (χ1v) is 15.9. The molecule has 6 rings (SSSR count). The molecule has 240 valence electrons. The number of carbonyl (C=O) groups excluding carboxylic acids is 2. The molecule has 2 N–H and O–H groups in total. The van der Waals surface area contributed by atoms with Gasteiger partial charge in [0.15, 0.2) is 17.2 Å². The van der Waals surface area contributed by atoms with Gasteiger partial charge >= 0.3 is 5.69 Å². The average Bonchev–Trinajstić information content (AvgIpc) is 3.56. The number of nitro benzene ring substituents is 1. The molecule has 0 bridgehead atoms. The number of rotatable bonds is 5. The van der Waals surface area contributed by atoms with Gasteiger partial charge in [-0.25, -0.2) is 0 Å². The first-order chi connectivity index (χ1) is 21.6. The van der Waals surface area contributed by atoms with E-state index in [1.807, 2.05) is 12.1 Å². The van der Waals surface area contributed by atoms with Gasteiger partial charge in [-0.15, -0.1) is 22.7 Å². The number of nitrogens with zero attached hydrogens (tertiary/aromatic N) is 3. The van der Waals surface area contributed by atoms with Crippen molar-refractivity contribution in [3.05, 3.63) is 48.1 Å². The molecule has 4 heterocycles. The van der Waals surface area contributed by atoms with Gasteiger partial charge in [0.25, 0.3) is 11.8 Å². The third kappa shape index (κ3) is 6.41. The smallest absolute Gasteiger partial charge is 0.332 e. The van der Waals surface area contributed by atoms with E-state index in [4.69, 9.17) is 42.1 Å². The van der Waals surface area contributed by atoms with Crippen molar-refractivity contribution in [2.24, 2.45) is 0 Å². The Bertz CT molecular complexity index is 1780. The Labute approximate surface area is 274 Å². The third-order valence-electron chi connectivity index (χ3n) is 7.15. The van der Waals surface area contributed by atoms with E-state index in [9.17, 15) is 29.9 Å². The number of methoxy groups -OCH3 is 2. The number of benzene rings is 2. The topological polar surface area (TPSA) is 161 Å². The number of fused-ring (bicyclic) bond motifs is 2. The molecule has 0 saturated carbocycles. The normalized spacial score (nSPS) is 15.1. The maximum Gasteiger partial charge on any atom is 0.332 e. The first-order valence-electron chi connectivity index (χ1n) is 13.5. The monoisotopic (exact) mass is 699 g/mol. The van der Waals surface area contributed by atoms with Gasteiger partial charge in [0, 0.05) is 47.7 Å². The molecule has 0 atom stereocenters. The maximum absolute atomic E-state index is 12.6. The molecule has 0 unspecified atom stereocenters. The Balaban J connectivity index is 0.000000178. The van der Waals surface area contributed by atoms with Gasteiger partial charge in [-0.3, -0.25) is 19.7 Å².